The van der Waals surface area contributed by atoms with E-state index >= 15 is 0 Å². The van der Waals surface area contributed by atoms with Crippen molar-refractivity contribution in [3.8, 4) is 5.75 Å². The maximum absolute atomic E-state index is 11.8. The van der Waals surface area contributed by atoms with Gasteiger partial charge >= 0.3 is 0 Å². The second kappa shape index (κ2) is 8.53. The van der Waals surface area contributed by atoms with Crippen LogP contribution in [0.2, 0.25) is 0 Å². The van der Waals surface area contributed by atoms with Gasteiger partial charge in [0.2, 0.25) is 5.91 Å². The molecule has 1 aromatic carbocycles. The van der Waals surface area contributed by atoms with E-state index in [9.17, 15) is 4.79 Å². The largest absolute Gasteiger partial charge is 0.508 e. The average molecular weight is 265 g/mol. The Morgan fingerprint density at radius 1 is 1.26 bits per heavy atom. The van der Waals surface area contributed by atoms with E-state index in [1.807, 2.05) is 0 Å². The van der Waals surface area contributed by atoms with Crippen LogP contribution in [0.1, 0.15) is 31.7 Å². The van der Waals surface area contributed by atoms with E-state index in [0.717, 1.165) is 24.8 Å². The molecule has 0 saturated heterocycles. The normalized spacial score (nSPS) is 12.1. The second-order valence-electron chi connectivity index (χ2n) is 4.81. The SMILES string of the molecule is CCCC(CCO)CNC(=O)Cc1ccc(O)cc1. The predicted molar refractivity (Wildman–Crippen MR) is 74.9 cm³/mol. The molecule has 0 bridgehead atoms. The van der Waals surface area contributed by atoms with Gasteiger partial charge < -0.3 is 15.5 Å². The van der Waals surface area contributed by atoms with Gasteiger partial charge in [-0.1, -0.05) is 25.5 Å². The number of aliphatic hydroxyl groups is 1. The lowest BCUT2D eigenvalue weighted by atomic mass is 10.00. The highest BCUT2D eigenvalue weighted by atomic mass is 16.3. The molecule has 0 spiro atoms. The van der Waals surface area contributed by atoms with Crippen LogP contribution in [0, 0.1) is 5.92 Å². The van der Waals surface area contributed by atoms with Crippen LogP contribution in [0.25, 0.3) is 0 Å². The Balaban J connectivity index is 2.35. The number of phenolic OH excluding ortho intramolecular Hbond substituents is 1. The number of rotatable bonds is 8. The lowest BCUT2D eigenvalue weighted by Gasteiger charge is -2.15. The first-order chi connectivity index (χ1) is 9.15. The van der Waals surface area contributed by atoms with E-state index < -0.39 is 0 Å². The molecule has 0 heterocycles. The highest BCUT2D eigenvalue weighted by Gasteiger charge is 2.09. The number of hydrogen-bond acceptors (Lipinski definition) is 3. The van der Waals surface area contributed by atoms with E-state index in [4.69, 9.17) is 10.2 Å². The molecule has 4 heteroatoms. The number of carbonyl (C=O) groups excluding carboxylic acids is 1. The molecule has 1 atom stereocenters. The minimum Gasteiger partial charge on any atom is -0.508 e. The zero-order valence-electron chi connectivity index (χ0n) is 11.4. The lowest BCUT2D eigenvalue weighted by Crippen LogP contribution is -2.30. The molecular weight excluding hydrogens is 242 g/mol. The van der Waals surface area contributed by atoms with Gasteiger partial charge in [0, 0.05) is 13.2 Å². The smallest absolute Gasteiger partial charge is 0.224 e. The molecule has 0 aliphatic rings. The number of amides is 1. The van der Waals surface area contributed by atoms with Crippen LogP contribution >= 0.6 is 0 Å². The van der Waals surface area contributed by atoms with Gasteiger partial charge in [0.1, 0.15) is 5.75 Å². The van der Waals surface area contributed by atoms with Crippen molar-refractivity contribution in [1.82, 2.24) is 5.32 Å². The third-order valence-electron chi connectivity index (χ3n) is 3.12. The second-order valence-corrected chi connectivity index (χ2v) is 4.81. The summed E-state index contributed by atoms with van der Waals surface area (Å²) >= 11 is 0. The summed E-state index contributed by atoms with van der Waals surface area (Å²) in [5.41, 5.74) is 0.879. The molecular formula is C15H23NO3. The molecule has 3 N–H and O–H groups in total. The third kappa shape index (κ3) is 6.25. The number of carbonyl (C=O) groups is 1. The molecule has 0 aliphatic heterocycles. The number of nitrogens with one attached hydrogen (secondary N) is 1. The minimum atomic E-state index is -0.0234. The van der Waals surface area contributed by atoms with Crippen molar-refractivity contribution in [2.45, 2.75) is 32.6 Å². The van der Waals surface area contributed by atoms with Gasteiger partial charge in [-0.15, -0.1) is 0 Å². The summed E-state index contributed by atoms with van der Waals surface area (Å²) in [4.78, 5) is 11.8. The molecule has 1 aromatic rings. The molecule has 0 aliphatic carbocycles. The number of phenols is 1. The maximum Gasteiger partial charge on any atom is 0.224 e. The summed E-state index contributed by atoms with van der Waals surface area (Å²) in [6.07, 6.45) is 3.12. The van der Waals surface area contributed by atoms with Gasteiger partial charge in [-0.25, -0.2) is 0 Å². The summed E-state index contributed by atoms with van der Waals surface area (Å²) in [7, 11) is 0. The summed E-state index contributed by atoms with van der Waals surface area (Å²) in [6.45, 7) is 2.88. The van der Waals surface area contributed by atoms with Crippen molar-refractivity contribution in [3.63, 3.8) is 0 Å². The zero-order chi connectivity index (χ0) is 14.1. The fourth-order valence-corrected chi connectivity index (χ4v) is 2.06. The molecule has 19 heavy (non-hydrogen) atoms. The van der Waals surface area contributed by atoms with Crippen LogP contribution in [-0.2, 0) is 11.2 Å². The standard InChI is InChI=1S/C15H23NO3/c1-2-3-13(8-9-17)11-16-15(19)10-12-4-6-14(18)7-5-12/h4-7,13,17-18H,2-3,8-11H2,1H3,(H,16,19). The molecule has 0 radical (unpaired) electrons. The van der Waals surface area contributed by atoms with E-state index in [1.165, 1.54) is 0 Å². The summed E-state index contributed by atoms with van der Waals surface area (Å²) in [5, 5.41) is 21.0. The fourth-order valence-electron chi connectivity index (χ4n) is 2.06. The summed E-state index contributed by atoms with van der Waals surface area (Å²) < 4.78 is 0. The Kier molecular flexibility index (Phi) is 6.97. The van der Waals surface area contributed by atoms with Crippen molar-refractivity contribution < 1.29 is 15.0 Å². The van der Waals surface area contributed by atoms with Crippen molar-refractivity contribution in [2.75, 3.05) is 13.2 Å². The van der Waals surface area contributed by atoms with Crippen LogP contribution in [0.4, 0.5) is 0 Å². The summed E-state index contributed by atoms with van der Waals surface area (Å²) in [6, 6.07) is 6.64. The lowest BCUT2D eigenvalue weighted by molar-refractivity contribution is -0.120. The van der Waals surface area contributed by atoms with Crippen LogP contribution < -0.4 is 5.32 Å². The summed E-state index contributed by atoms with van der Waals surface area (Å²) in [5.74, 6) is 0.526. The van der Waals surface area contributed by atoms with Crippen LogP contribution in [0.5, 0.6) is 5.75 Å². The minimum absolute atomic E-state index is 0.0234. The Morgan fingerprint density at radius 3 is 2.53 bits per heavy atom. The number of aromatic hydroxyl groups is 1. The molecule has 1 rings (SSSR count). The van der Waals surface area contributed by atoms with Gasteiger partial charge in [0.15, 0.2) is 0 Å². The van der Waals surface area contributed by atoms with E-state index in [0.29, 0.717) is 18.9 Å². The highest BCUT2D eigenvalue weighted by Crippen LogP contribution is 2.11. The Labute approximate surface area is 114 Å². The Morgan fingerprint density at radius 2 is 1.95 bits per heavy atom. The molecule has 1 amide bonds. The average Bonchev–Trinajstić information content (AvgIpc) is 2.39. The first kappa shape index (κ1) is 15.5. The van der Waals surface area contributed by atoms with E-state index in [-0.39, 0.29) is 18.3 Å². The van der Waals surface area contributed by atoms with Gasteiger partial charge in [-0.3, -0.25) is 4.79 Å². The number of aliphatic hydroxyl groups excluding tert-OH is 1. The quantitative estimate of drug-likeness (QED) is 0.672. The van der Waals surface area contributed by atoms with Gasteiger partial charge in [-0.05, 0) is 36.5 Å². The van der Waals surface area contributed by atoms with Crippen molar-refractivity contribution in [1.29, 1.82) is 0 Å². The van der Waals surface area contributed by atoms with Crippen LogP contribution in [0.15, 0.2) is 24.3 Å². The van der Waals surface area contributed by atoms with E-state index in [2.05, 4.69) is 12.2 Å². The van der Waals surface area contributed by atoms with Crippen molar-refractivity contribution >= 4 is 5.91 Å². The van der Waals surface area contributed by atoms with Gasteiger partial charge in [0.25, 0.3) is 0 Å². The number of benzene rings is 1. The Hall–Kier alpha value is -1.55. The molecule has 0 saturated carbocycles. The maximum atomic E-state index is 11.8. The molecule has 1 unspecified atom stereocenters. The third-order valence-corrected chi connectivity index (χ3v) is 3.12. The fraction of sp³-hybridized carbons (Fsp3) is 0.533. The zero-order valence-corrected chi connectivity index (χ0v) is 11.4. The molecule has 0 aromatic heterocycles. The molecule has 0 fully saturated rings. The monoisotopic (exact) mass is 265 g/mol. The van der Waals surface area contributed by atoms with E-state index in [1.54, 1.807) is 24.3 Å². The predicted octanol–water partition coefficient (Wildman–Crippen LogP) is 1.85. The molecule has 106 valence electrons. The topological polar surface area (TPSA) is 69.6 Å². The van der Waals surface area contributed by atoms with Crippen LogP contribution in [-0.4, -0.2) is 29.3 Å². The van der Waals surface area contributed by atoms with Gasteiger partial charge in [-0.2, -0.15) is 0 Å². The first-order valence-corrected chi connectivity index (χ1v) is 6.81. The highest BCUT2D eigenvalue weighted by molar-refractivity contribution is 5.78. The number of hydrogen-bond donors (Lipinski definition) is 3. The van der Waals surface area contributed by atoms with Crippen molar-refractivity contribution in [2.24, 2.45) is 5.92 Å². The molecule has 4 nitrogen and oxygen atoms in total. The Bertz CT molecular complexity index is 369. The van der Waals surface area contributed by atoms with Gasteiger partial charge in [0.05, 0.1) is 6.42 Å². The van der Waals surface area contributed by atoms with Crippen LogP contribution in [0.3, 0.4) is 0 Å². The van der Waals surface area contributed by atoms with Crippen molar-refractivity contribution in [3.05, 3.63) is 29.8 Å². The first-order valence-electron chi connectivity index (χ1n) is 6.81.